The maximum absolute atomic E-state index is 5.45. The second-order valence-corrected chi connectivity index (χ2v) is 6.81. The Balaban J connectivity index is 1.60. The molecule has 3 heterocycles. The molecule has 6 heteroatoms. The first-order valence-corrected chi connectivity index (χ1v) is 8.50. The van der Waals surface area contributed by atoms with Crippen LogP contribution in [0.4, 0.5) is 5.95 Å². The lowest BCUT2D eigenvalue weighted by atomic mass is 9.76. The quantitative estimate of drug-likeness (QED) is 0.790. The van der Waals surface area contributed by atoms with Crippen molar-refractivity contribution in [2.75, 3.05) is 58.5 Å². The summed E-state index contributed by atoms with van der Waals surface area (Å²) in [4.78, 5) is 13.6. The summed E-state index contributed by atoms with van der Waals surface area (Å²) < 4.78 is 10.7. The Morgan fingerprint density at radius 3 is 2.57 bits per heavy atom. The van der Waals surface area contributed by atoms with Crippen molar-refractivity contribution >= 4 is 5.95 Å². The van der Waals surface area contributed by atoms with Crippen molar-refractivity contribution in [1.29, 1.82) is 0 Å². The SMILES string of the molecule is COCCN1CC2(CCN(c3ncccn3)CC2)C[C@@H]1COC. The zero-order valence-corrected chi connectivity index (χ0v) is 14.3. The van der Waals surface area contributed by atoms with Gasteiger partial charge in [-0.25, -0.2) is 9.97 Å². The average Bonchev–Trinajstić information content (AvgIpc) is 2.92. The Labute approximate surface area is 138 Å². The number of methoxy groups -OCH3 is 2. The lowest BCUT2D eigenvalue weighted by Crippen LogP contribution is -2.42. The van der Waals surface area contributed by atoms with Gasteiger partial charge in [0.15, 0.2) is 0 Å². The third-order valence-electron chi connectivity index (χ3n) is 5.32. The molecule has 0 N–H and O–H groups in total. The third-order valence-corrected chi connectivity index (χ3v) is 5.32. The number of piperidine rings is 1. The fourth-order valence-corrected chi connectivity index (χ4v) is 4.08. The first kappa shape index (κ1) is 16.6. The van der Waals surface area contributed by atoms with E-state index < -0.39 is 0 Å². The van der Waals surface area contributed by atoms with Crippen LogP contribution in [0, 0.1) is 5.41 Å². The van der Waals surface area contributed by atoms with E-state index in [0.717, 1.165) is 45.3 Å². The number of hydrogen-bond donors (Lipinski definition) is 0. The van der Waals surface area contributed by atoms with Gasteiger partial charge in [0.1, 0.15) is 0 Å². The highest BCUT2D eigenvalue weighted by Crippen LogP contribution is 2.43. The fraction of sp³-hybridized carbons (Fsp3) is 0.765. The standard InChI is InChI=1S/C17H28N4O2/c1-22-11-10-21-14-17(12-15(21)13-23-2)4-8-20(9-5-17)16-18-6-3-7-19-16/h3,6-7,15H,4-5,8-14H2,1-2H3/t15-/m1/s1. The van der Waals surface area contributed by atoms with Gasteiger partial charge in [-0.2, -0.15) is 0 Å². The molecule has 0 radical (unpaired) electrons. The molecule has 0 amide bonds. The highest BCUT2D eigenvalue weighted by molar-refractivity contribution is 5.29. The number of anilines is 1. The van der Waals surface area contributed by atoms with E-state index in [9.17, 15) is 0 Å². The van der Waals surface area contributed by atoms with E-state index in [1.165, 1.54) is 19.3 Å². The van der Waals surface area contributed by atoms with Crippen LogP contribution in [0.3, 0.4) is 0 Å². The maximum atomic E-state index is 5.45. The predicted molar refractivity (Wildman–Crippen MR) is 89.6 cm³/mol. The Hall–Kier alpha value is -1.24. The van der Waals surface area contributed by atoms with Gasteiger partial charge in [0.25, 0.3) is 0 Å². The number of ether oxygens (including phenoxy) is 2. The van der Waals surface area contributed by atoms with E-state index in [1.807, 2.05) is 18.5 Å². The van der Waals surface area contributed by atoms with Gasteiger partial charge in [-0.05, 0) is 30.7 Å². The summed E-state index contributed by atoms with van der Waals surface area (Å²) in [6.07, 6.45) is 7.28. The molecule has 1 spiro atoms. The summed E-state index contributed by atoms with van der Waals surface area (Å²) >= 11 is 0. The van der Waals surface area contributed by atoms with Gasteiger partial charge in [-0.1, -0.05) is 0 Å². The summed E-state index contributed by atoms with van der Waals surface area (Å²) in [6, 6.07) is 2.39. The minimum Gasteiger partial charge on any atom is -0.383 e. The third kappa shape index (κ3) is 3.82. The van der Waals surface area contributed by atoms with E-state index in [1.54, 1.807) is 14.2 Å². The Morgan fingerprint density at radius 1 is 1.17 bits per heavy atom. The maximum Gasteiger partial charge on any atom is 0.225 e. The van der Waals surface area contributed by atoms with E-state index in [-0.39, 0.29) is 0 Å². The Morgan fingerprint density at radius 2 is 1.91 bits per heavy atom. The van der Waals surface area contributed by atoms with Crippen LogP contribution in [0.5, 0.6) is 0 Å². The van der Waals surface area contributed by atoms with Crippen LogP contribution in [-0.2, 0) is 9.47 Å². The largest absolute Gasteiger partial charge is 0.383 e. The topological polar surface area (TPSA) is 50.7 Å². The zero-order valence-electron chi connectivity index (χ0n) is 14.3. The van der Waals surface area contributed by atoms with Crippen LogP contribution in [0.25, 0.3) is 0 Å². The molecule has 0 saturated carbocycles. The normalized spacial score (nSPS) is 24.4. The van der Waals surface area contributed by atoms with Crippen molar-refractivity contribution < 1.29 is 9.47 Å². The van der Waals surface area contributed by atoms with Gasteiger partial charge < -0.3 is 14.4 Å². The van der Waals surface area contributed by atoms with Crippen molar-refractivity contribution in [3.05, 3.63) is 18.5 Å². The fourth-order valence-electron chi connectivity index (χ4n) is 4.08. The van der Waals surface area contributed by atoms with Crippen molar-refractivity contribution in [1.82, 2.24) is 14.9 Å². The van der Waals surface area contributed by atoms with E-state index >= 15 is 0 Å². The molecule has 128 valence electrons. The van der Waals surface area contributed by atoms with Crippen LogP contribution >= 0.6 is 0 Å². The molecule has 23 heavy (non-hydrogen) atoms. The van der Waals surface area contributed by atoms with Crippen LogP contribution in [0.15, 0.2) is 18.5 Å². The van der Waals surface area contributed by atoms with Crippen LogP contribution in [-0.4, -0.2) is 74.5 Å². The van der Waals surface area contributed by atoms with Crippen LogP contribution < -0.4 is 4.90 Å². The molecular formula is C17H28N4O2. The van der Waals surface area contributed by atoms with Crippen LogP contribution in [0.2, 0.25) is 0 Å². The van der Waals surface area contributed by atoms with Gasteiger partial charge in [-0.15, -0.1) is 0 Å². The second kappa shape index (κ2) is 7.55. The highest BCUT2D eigenvalue weighted by atomic mass is 16.5. The van der Waals surface area contributed by atoms with Gasteiger partial charge >= 0.3 is 0 Å². The summed E-state index contributed by atoms with van der Waals surface area (Å²) in [6.45, 7) is 5.85. The average molecular weight is 320 g/mol. The molecule has 1 aromatic heterocycles. The van der Waals surface area contributed by atoms with E-state index in [2.05, 4.69) is 19.8 Å². The lowest BCUT2D eigenvalue weighted by Gasteiger charge is -2.39. The molecule has 6 nitrogen and oxygen atoms in total. The number of likely N-dealkylation sites (tertiary alicyclic amines) is 1. The molecule has 1 atom stereocenters. The molecule has 2 aliphatic rings. The number of nitrogens with zero attached hydrogens (tertiary/aromatic N) is 4. The molecule has 0 aromatic carbocycles. The van der Waals surface area contributed by atoms with Gasteiger partial charge in [0.2, 0.25) is 5.95 Å². The predicted octanol–water partition coefficient (Wildman–Crippen LogP) is 1.43. The first-order valence-electron chi connectivity index (χ1n) is 8.50. The molecule has 2 aliphatic heterocycles. The molecule has 2 fully saturated rings. The molecule has 0 bridgehead atoms. The highest BCUT2D eigenvalue weighted by Gasteiger charge is 2.45. The summed E-state index contributed by atoms with van der Waals surface area (Å²) in [5.41, 5.74) is 0.419. The van der Waals surface area contributed by atoms with Crippen molar-refractivity contribution in [2.45, 2.75) is 25.3 Å². The Kier molecular flexibility index (Phi) is 5.46. The molecule has 2 saturated heterocycles. The minimum absolute atomic E-state index is 0.419. The van der Waals surface area contributed by atoms with Gasteiger partial charge in [0, 0.05) is 58.8 Å². The Bertz CT molecular complexity index is 477. The van der Waals surface area contributed by atoms with Crippen molar-refractivity contribution in [3.8, 4) is 0 Å². The molecule has 3 rings (SSSR count). The monoisotopic (exact) mass is 320 g/mol. The van der Waals surface area contributed by atoms with E-state index in [0.29, 0.717) is 11.5 Å². The summed E-state index contributed by atoms with van der Waals surface area (Å²) in [7, 11) is 3.57. The number of aromatic nitrogens is 2. The number of rotatable bonds is 6. The second-order valence-electron chi connectivity index (χ2n) is 6.81. The molecule has 0 unspecified atom stereocenters. The summed E-state index contributed by atoms with van der Waals surface area (Å²) in [5, 5.41) is 0. The summed E-state index contributed by atoms with van der Waals surface area (Å²) in [5.74, 6) is 0.866. The van der Waals surface area contributed by atoms with Gasteiger partial charge in [-0.3, -0.25) is 4.90 Å². The van der Waals surface area contributed by atoms with Crippen LogP contribution in [0.1, 0.15) is 19.3 Å². The zero-order chi connectivity index (χ0) is 16.1. The molecular weight excluding hydrogens is 292 g/mol. The molecule has 0 aliphatic carbocycles. The first-order chi connectivity index (χ1) is 11.3. The smallest absolute Gasteiger partial charge is 0.225 e. The lowest BCUT2D eigenvalue weighted by molar-refractivity contribution is 0.0901. The minimum atomic E-state index is 0.419. The van der Waals surface area contributed by atoms with Crippen molar-refractivity contribution in [2.24, 2.45) is 5.41 Å². The van der Waals surface area contributed by atoms with E-state index in [4.69, 9.17) is 9.47 Å². The van der Waals surface area contributed by atoms with Crippen molar-refractivity contribution in [3.63, 3.8) is 0 Å². The molecule has 1 aromatic rings. The van der Waals surface area contributed by atoms with Gasteiger partial charge in [0.05, 0.1) is 13.2 Å². The number of hydrogen-bond acceptors (Lipinski definition) is 6.